The number of aryl methyl sites for hydroxylation is 1. The van der Waals surface area contributed by atoms with Crippen LogP contribution in [0.15, 0.2) is 89.7 Å². The quantitative estimate of drug-likeness (QED) is 0.446. The van der Waals surface area contributed by atoms with Gasteiger partial charge in [-0.1, -0.05) is 66.8 Å². The van der Waals surface area contributed by atoms with Crippen molar-refractivity contribution in [3.05, 3.63) is 106 Å². The van der Waals surface area contributed by atoms with Crippen molar-refractivity contribution in [3.63, 3.8) is 0 Å². The van der Waals surface area contributed by atoms with Crippen LogP contribution in [0.4, 0.5) is 0 Å². The molecular formula is C23H18. The molecule has 0 atom stereocenters. The number of rotatable bonds is 0. The SMILES string of the molecule is CC1=CC=CC=CC1=C=C1c2ccccc2-c2cccc(C)c21. The van der Waals surface area contributed by atoms with Crippen LogP contribution in [-0.2, 0) is 0 Å². The van der Waals surface area contributed by atoms with Crippen molar-refractivity contribution in [2.75, 3.05) is 0 Å². The zero-order valence-corrected chi connectivity index (χ0v) is 13.4. The van der Waals surface area contributed by atoms with Crippen molar-refractivity contribution in [2.24, 2.45) is 0 Å². The van der Waals surface area contributed by atoms with Crippen LogP contribution in [0.1, 0.15) is 23.6 Å². The van der Waals surface area contributed by atoms with E-state index in [2.05, 4.69) is 92.4 Å². The first-order valence-corrected chi connectivity index (χ1v) is 7.98. The molecule has 4 rings (SSSR count). The minimum atomic E-state index is 1.15. The van der Waals surface area contributed by atoms with Gasteiger partial charge in [0.25, 0.3) is 0 Å². The van der Waals surface area contributed by atoms with E-state index >= 15 is 0 Å². The standard InChI is InChI=1S/C23H18/c1-16-9-4-3-5-11-18(16)15-22-20-13-7-6-12-19(20)21-14-8-10-17(2)23(21)22/h3-14H,1-2H3. The number of hydrogen-bond acceptors (Lipinski definition) is 0. The predicted octanol–water partition coefficient (Wildman–Crippen LogP) is 6.00. The number of allylic oxidation sites excluding steroid dienone is 7. The van der Waals surface area contributed by atoms with E-state index in [4.69, 9.17) is 0 Å². The molecule has 0 aliphatic heterocycles. The molecule has 0 aromatic heterocycles. The van der Waals surface area contributed by atoms with E-state index in [9.17, 15) is 0 Å². The Morgan fingerprint density at radius 3 is 2.39 bits per heavy atom. The van der Waals surface area contributed by atoms with Crippen molar-refractivity contribution in [1.82, 2.24) is 0 Å². The van der Waals surface area contributed by atoms with Crippen LogP contribution in [0.25, 0.3) is 16.7 Å². The molecule has 0 saturated heterocycles. The summed E-state index contributed by atoms with van der Waals surface area (Å²) in [7, 11) is 0. The Hall–Kier alpha value is -2.82. The first-order chi connectivity index (χ1) is 11.3. The van der Waals surface area contributed by atoms with E-state index in [-0.39, 0.29) is 0 Å². The zero-order valence-electron chi connectivity index (χ0n) is 13.4. The molecule has 2 aromatic rings. The van der Waals surface area contributed by atoms with Crippen molar-refractivity contribution >= 4 is 5.57 Å². The van der Waals surface area contributed by atoms with Crippen LogP contribution in [0, 0.1) is 6.92 Å². The molecule has 0 nitrogen and oxygen atoms in total. The zero-order chi connectivity index (χ0) is 15.8. The minimum Gasteiger partial charge on any atom is -0.103 e. The Bertz CT molecular complexity index is 955. The van der Waals surface area contributed by atoms with Gasteiger partial charge in [-0.3, -0.25) is 0 Å². The maximum atomic E-state index is 3.70. The summed E-state index contributed by atoms with van der Waals surface area (Å²) in [4.78, 5) is 0. The molecule has 0 spiro atoms. The Kier molecular flexibility index (Phi) is 3.26. The molecule has 2 aliphatic carbocycles. The Balaban J connectivity index is 2.09. The summed E-state index contributed by atoms with van der Waals surface area (Å²) in [6.07, 6.45) is 10.5. The Morgan fingerprint density at radius 2 is 1.52 bits per heavy atom. The van der Waals surface area contributed by atoms with Crippen molar-refractivity contribution in [3.8, 4) is 11.1 Å². The maximum absolute atomic E-state index is 3.70. The normalized spacial score (nSPS) is 15.0. The molecule has 23 heavy (non-hydrogen) atoms. The Morgan fingerprint density at radius 1 is 0.739 bits per heavy atom. The predicted molar refractivity (Wildman–Crippen MR) is 98.2 cm³/mol. The van der Waals surface area contributed by atoms with Crippen molar-refractivity contribution in [2.45, 2.75) is 13.8 Å². The molecule has 0 N–H and O–H groups in total. The monoisotopic (exact) mass is 294 g/mol. The van der Waals surface area contributed by atoms with Crippen LogP contribution >= 0.6 is 0 Å². The fourth-order valence-corrected chi connectivity index (χ4v) is 3.34. The second kappa shape index (κ2) is 5.43. The molecule has 2 aliphatic rings. The molecule has 0 radical (unpaired) electrons. The third-order valence-electron chi connectivity index (χ3n) is 4.53. The summed E-state index contributed by atoms with van der Waals surface area (Å²) < 4.78 is 0. The van der Waals surface area contributed by atoms with E-state index in [1.807, 2.05) is 0 Å². The molecule has 2 aromatic carbocycles. The van der Waals surface area contributed by atoms with Gasteiger partial charge in [-0.2, -0.15) is 0 Å². The molecule has 0 unspecified atom stereocenters. The summed E-state index contributed by atoms with van der Waals surface area (Å²) in [6, 6.07) is 15.2. The summed E-state index contributed by atoms with van der Waals surface area (Å²) in [5.41, 5.74) is 13.8. The lowest BCUT2D eigenvalue weighted by Crippen LogP contribution is -1.86. The van der Waals surface area contributed by atoms with Gasteiger partial charge in [-0.25, -0.2) is 0 Å². The Labute approximate surface area is 137 Å². The highest BCUT2D eigenvalue weighted by atomic mass is 14.3. The van der Waals surface area contributed by atoms with Crippen LogP contribution in [0.5, 0.6) is 0 Å². The van der Waals surface area contributed by atoms with E-state index in [1.165, 1.54) is 39.0 Å². The lowest BCUT2D eigenvalue weighted by Gasteiger charge is -2.05. The smallest absolute Gasteiger partial charge is 0.0331 e. The summed E-state index contributed by atoms with van der Waals surface area (Å²) >= 11 is 0. The second-order valence-electron chi connectivity index (χ2n) is 6.05. The minimum absolute atomic E-state index is 1.15. The van der Waals surface area contributed by atoms with Crippen molar-refractivity contribution in [1.29, 1.82) is 0 Å². The summed E-state index contributed by atoms with van der Waals surface area (Å²) in [5, 5.41) is 0. The van der Waals surface area contributed by atoms with Gasteiger partial charge in [-0.15, -0.1) is 5.73 Å². The van der Waals surface area contributed by atoms with Crippen LogP contribution < -0.4 is 0 Å². The van der Waals surface area contributed by atoms with Gasteiger partial charge in [0.2, 0.25) is 0 Å². The van der Waals surface area contributed by atoms with Gasteiger partial charge in [0.1, 0.15) is 0 Å². The van der Waals surface area contributed by atoms with Crippen molar-refractivity contribution < 1.29 is 0 Å². The highest BCUT2D eigenvalue weighted by Gasteiger charge is 2.24. The van der Waals surface area contributed by atoms with Gasteiger partial charge in [0.05, 0.1) is 0 Å². The van der Waals surface area contributed by atoms with Gasteiger partial charge < -0.3 is 0 Å². The van der Waals surface area contributed by atoms with E-state index in [0.717, 1.165) is 5.57 Å². The third-order valence-corrected chi connectivity index (χ3v) is 4.53. The maximum Gasteiger partial charge on any atom is 0.0331 e. The summed E-state index contributed by atoms with van der Waals surface area (Å²) in [5.74, 6) is 0. The molecule has 0 heteroatoms. The fraction of sp³-hybridized carbons (Fsp3) is 0.0870. The first kappa shape index (κ1) is 13.8. The van der Waals surface area contributed by atoms with Gasteiger partial charge in [0.15, 0.2) is 0 Å². The van der Waals surface area contributed by atoms with Crippen LogP contribution in [0.3, 0.4) is 0 Å². The lowest BCUT2D eigenvalue weighted by molar-refractivity contribution is 1.43. The largest absolute Gasteiger partial charge is 0.103 e. The third kappa shape index (κ3) is 2.25. The van der Waals surface area contributed by atoms with E-state index < -0.39 is 0 Å². The molecule has 0 fully saturated rings. The molecular weight excluding hydrogens is 276 g/mol. The van der Waals surface area contributed by atoms with Crippen LogP contribution in [0.2, 0.25) is 0 Å². The fourth-order valence-electron chi connectivity index (χ4n) is 3.34. The molecule has 0 amide bonds. The average Bonchev–Trinajstić information content (AvgIpc) is 2.74. The number of fused-ring (bicyclic) bond motifs is 3. The topological polar surface area (TPSA) is 0 Å². The number of benzene rings is 2. The van der Waals surface area contributed by atoms with E-state index in [1.54, 1.807) is 0 Å². The second-order valence-corrected chi connectivity index (χ2v) is 6.05. The van der Waals surface area contributed by atoms with Crippen LogP contribution in [-0.4, -0.2) is 0 Å². The highest BCUT2D eigenvalue weighted by Crippen LogP contribution is 2.45. The molecule has 0 bridgehead atoms. The van der Waals surface area contributed by atoms with E-state index in [0.29, 0.717) is 0 Å². The number of hydrogen-bond donors (Lipinski definition) is 0. The molecule has 110 valence electrons. The average molecular weight is 294 g/mol. The molecule has 0 saturated carbocycles. The lowest BCUT2D eigenvalue weighted by atomic mass is 9.98. The van der Waals surface area contributed by atoms with Gasteiger partial charge in [0, 0.05) is 16.7 Å². The van der Waals surface area contributed by atoms with Gasteiger partial charge >= 0.3 is 0 Å². The van der Waals surface area contributed by atoms with Gasteiger partial charge in [-0.05, 0) is 47.8 Å². The summed E-state index contributed by atoms with van der Waals surface area (Å²) in [6.45, 7) is 4.33. The molecule has 0 heterocycles. The highest BCUT2D eigenvalue weighted by molar-refractivity contribution is 6.02. The first-order valence-electron chi connectivity index (χ1n) is 7.98.